The van der Waals surface area contributed by atoms with E-state index in [1.165, 1.54) is 38.5 Å². The molecule has 0 rings (SSSR count). The van der Waals surface area contributed by atoms with Crippen molar-refractivity contribution in [3.05, 3.63) is 0 Å². The third-order valence-corrected chi connectivity index (χ3v) is 5.04. The minimum absolute atomic E-state index is 0.194. The summed E-state index contributed by atoms with van der Waals surface area (Å²) in [5.41, 5.74) is 0. The van der Waals surface area contributed by atoms with Crippen molar-refractivity contribution in [2.75, 3.05) is 13.2 Å². The SMILES string of the molecule is CC(C)CCCCCCOC(=O)CCC(C)C(=O)OCCCCCCC(C)C. The largest absolute Gasteiger partial charge is 0.466 e. The van der Waals surface area contributed by atoms with Gasteiger partial charge in [-0.15, -0.1) is 0 Å². The lowest BCUT2D eigenvalue weighted by atomic mass is 10.0. The molecule has 0 aliphatic heterocycles. The van der Waals surface area contributed by atoms with Gasteiger partial charge in [0.2, 0.25) is 0 Å². The molecule has 0 aliphatic rings. The Morgan fingerprint density at radius 2 is 1.07 bits per heavy atom. The Kier molecular flexibility index (Phi) is 17.3. The number of ether oxygens (including phenoxy) is 2. The van der Waals surface area contributed by atoms with E-state index in [1.807, 2.05) is 6.92 Å². The average Bonchev–Trinajstić information content (AvgIpc) is 2.63. The van der Waals surface area contributed by atoms with E-state index >= 15 is 0 Å². The normalized spacial score (nSPS) is 12.4. The highest BCUT2D eigenvalue weighted by Crippen LogP contribution is 2.12. The molecular formula is C24H46O4. The minimum atomic E-state index is -0.246. The average molecular weight is 399 g/mol. The van der Waals surface area contributed by atoms with Gasteiger partial charge < -0.3 is 9.47 Å². The van der Waals surface area contributed by atoms with E-state index in [0.717, 1.165) is 37.5 Å². The van der Waals surface area contributed by atoms with E-state index in [-0.39, 0.29) is 17.9 Å². The third kappa shape index (κ3) is 18.3. The molecule has 4 heteroatoms. The predicted octanol–water partition coefficient (Wildman–Crippen LogP) is 6.70. The van der Waals surface area contributed by atoms with Crippen LogP contribution in [0.15, 0.2) is 0 Å². The standard InChI is InChI=1S/C24H46O4/c1-20(2)14-10-6-8-12-18-27-23(25)17-16-22(5)24(26)28-19-13-9-7-11-15-21(3)4/h20-22H,6-19H2,1-5H3. The first-order valence-corrected chi connectivity index (χ1v) is 11.6. The molecule has 0 spiro atoms. The van der Waals surface area contributed by atoms with Gasteiger partial charge in [0.25, 0.3) is 0 Å². The zero-order chi connectivity index (χ0) is 21.2. The maximum atomic E-state index is 12.0. The second kappa shape index (κ2) is 18.0. The highest BCUT2D eigenvalue weighted by atomic mass is 16.5. The molecule has 1 atom stereocenters. The van der Waals surface area contributed by atoms with Crippen LogP contribution in [0.5, 0.6) is 0 Å². The van der Waals surface area contributed by atoms with Crippen LogP contribution in [0.1, 0.15) is 112 Å². The Morgan fingerprint density at radius 1 is 0.607 bits per heavy atom. The first-order chi connectivity index (χ1) is 13.3. The molecule has 0 aromatic rings. The van der Waals surface area contributed by atoms with Gasteiger partial charge in [-0.3, -0.25) is 9.59 Å². The van der Waals surface area contributed by atoms with Gasteiger partial charge in [0, 0.05) is 6.42 Å². The van der Waals surface area contributed by atoms with Crippen molar-refractivity contribution in [1.82, 2.24) is 0 Å². The summed E-state index contributed by atoms with van der Waals surface area (Å²) in [6.07, 6.45) is 12.3. The highest BCUT2D eigenvalue weighted by Gasteiger charge is 2.16. The van der Waals surface area contributed by atoms with Gasteiger partial charge in [0.05, 0.1) is 19.1 Å². The van der Waals surface area contributed by atoms with Gasteiger partial charge in [-0.05, 0) is 31.1 Å². The molecule has 0 amide bonds. The molecule has 0 aliphatic carbocycles. The molecule has 0 saturated heterocycles. The number of rotatable bonds is 18. The molecule has 0 radical (unpaired) electrons. The van der Waals surface area contributed by atoms with Crippen LogP contribution in [0.3, 0.4) is 0 Å². The minimum Gasteiger partial charge on any atom is -0.466 e. The fourth-order valence-corrected chi connectivity index (χ4v) is 3.04. The number of unbranched alkanes of at least 4 members (excludes halogenated alkanes) is 6. The lowest BCUT2D eigenvalue weighted by Crippen LogP contribution is -2.17. The van der Waals surface area contributed by atoms with Crippen molar-refractivity contribution in [2.24, 2.45) is 17.8 Å². The molecule has 0 saturated carbocycles. The van der Waals surface area contributed by atoms with Crippen molar-refractivity contribution in [3.8, 4) is 0 Å². The molecule has 0 N–H and O–H groups in total. The van der Waals surface area contributed by atoms with Gasteiger partial charge in [-0.2, -0.15) is 0 Å². The van der Waals surface area contributed by atoms with E-state index in [9.17, 15) is 9.59 Å². The second-order valence-corrected chi connectivity index (χ2v) is 9.02. The van der Waals surface area contributed by atoms with E-state index in [0.29, 0.717) is 26.1 Å². The molecule has 1 unspecified atom stereocenters. The number of hydrogen-bond acceptors (Lipinski definition) is 4. The molecule has 0 aromatic carbocycles. The quantitative estimate of drug-likeness (QED) is 0.190. The summed E-state index contributed by atoms with van der Waals surface area (Å²) in [7, 11) is 0. The Balaban J connectivity index is 3.55. The predicted molar refractivity (Wildman–Crippen MR) is 116 cm³/mol. The van der Waals surface area contributed by atoms with Crippen LogP contribution in [0.4, 0.5) is 0 Å². The lowest BCUT2D eigenvalue weighted by molar-refractivity contribution is -0.149. The maximum Gasteiger partial charge on any atom is 0.308 e. The van der Waals surface area contributed by atoms with Gasteiger partial charge >= 0.3 is 11.9 Å². The van der Waals surface area contributed by atoms with E-state index in [2.05, 4.69) is 27.7 Å². The van der Waals surface area contributed by atoms with Crippen molar-refractivity contribution in [1.29, 1.82) is 0 Å². The van der Waals surface area contributed by atoms with Crippen molar-refractivity contribution < 1.29 is 19.1 Å². The van der Waals surface area contributed by atoms with Crippen LogP contribution in [0, 0.1) is 17.8 Å². The summed E-state index contributed by atoms with van der Waals surface area (Å²) < 4.78 is 10.6. The molecule has 4 nitrogen and oxygen atoms in total. The molecule has 166 valence electrons. The number of carbonyl (C=O) groups is 2. The second-order valence-electron chi connectivity index (χ2n) is 9.02. The van der Waals surface area contributed by atoms with Crippen LogP contribution in [0.25, 0.3) is 0 Å². The number of hydrogen-bond donors (Lipinski definition) is 0. The van der Waals surface area contributed by atoms with Crippen LogP contribution in [0.2, 0.25) is 0 Å². The number of carbonyl (C=O) groups excluding carboxylic acids is 2. The van der Waals surface area contributed by atoms with Gasteiger partial charge in [0.1, 0.15) is 0 Å². The van der Waals surface area contributed by atoms with Gasteiger partial charge in [-0.25, -0.2) is 0 Å². The van der Waals surface area contributed by atoms with Crippen LogP contribution >= 0.6 is 0 Å². The zero-order valence-corrected chi connectivity index (χ0v) is 19.3. The lowest BCUT2D eigenvalue weighted by Gasteiger charge is -2.11. The molecular weight excluding hydrogens is 352 g/mol. The Bertz CT molecular complexity index is 390. The topological polar surface area (TPSA) is 52.6 Å². The molecule has 0 heterocycles. The molecule has 0 aromatic heterocycles. The Labute approximate surface area is 174 Å². The zero-order valence-electron chi connectivity index (χ0n) is 19.3. The van der Waals surface area contributed by atoms with Crippen LogP contribution in [-0.2, 0) is 19.1 Å². The van der Waals surface area contributed by atoms with E-state index in [4.69, 9.17) is 9.47 Å². The van der Waals surface area contributed by atoms with Crippen molar-refractivity contribution in [3.63, 3.8) is 0 Å². The third-order valence-electron chi connectivity index (χ3n) is 5.04. The highest BCUT2D eigenvalue weighted by molar-refractivity contribution is 5.74. The monoisotopic (exact) mass is 398 g/mol. The molecule has 0 fully saturated rings. The summed E-state index contributed by atoms with van der Waals surface area (Å²) >= 11 is 0. The maximum absolute atomic E-state index is 12.0. The van der Waals surface area contributed by atoms with Crippen molar-refractivity contribution >= 4 is 11.9 Å². The summed E-state index contributed by atoms with van der Waals surface area (Å²) in [6, 6.07) is 0. The Hall–Kier alpha value is -1.06. The van der Waals surface area contributed by atoms with Crippen LogP contribution < -0.4 is 0 Å². The van der Waals surface area contributed by atoms with Crippen LogP contribution in [-0.4, -0.2) is 25.2 Å². The summed E-state index contributed by atoms with van der Waals surface area (Å²) in [5, 5.41) is 0. The van der Waals surface area contributed by atoms with Crippen molar-refractivity contribution in [2.45, 2.75) is 112 Å². The number of esters is 2. The fraction of sp³-hybridized carbons (Fsp3) is 0.917. The Morgan fingerprint density at radius 3 is 1.57 bits per heavy atom. The molecule has 0 bridgehead atoms. The van der Waals surface area contributed by atoms with Gasteiger partial charge in [-0.1, -0.05) is 86.0 Å². The fourth-order valence-electron chi connectivity index (χ4n) is 3.04. The van der Waals surface area contributed by atoms with E-state index in [1.54, 1.807) is 0 Å². The summed E-state index contributed by atoms with van der Waals surface area (Å²) in [4.78, 5) is 23.8. The summed E-state index contributed by atoms with van der Waals surface area (Å²) in [6.45, 7) is 11.8. The molecule has 28 heavy (non-hydrogen) atoms. The van der Waals surface area contributed by atoms with E-state index < -0.39 is 0 Å². The first kappa shape index (κ1) is 26.9. The first-order valence-electron chi connectivity index (χ1n) is 11.6. The van der Waals surface area contributed by atoms with Gasteiger partial charge in [0.15, 0.2) is 0 Å². The smallest absolute Gasteiger partial charge is 0.308 e. The summed E-state index contributed by atoms with van der Waals surface area (Å²) in [5.74, 6) is 0.887.